The van der Waals surface area contributed by atoms with E-state index in [2.05, 4.69) is 29.0 Å². The summed E-state index contributed by atoms with van der Waals surface area (Å²) in [5.74, 6) is 1.41. The van der Waals surface area contributed by atoms with E-state index in [1.54, 1.807) is 29.5 Å². The Morgan fingerprint density at radius 2 is 1.81 bits per heavy atom. The van der Waals surface area contributed by atoms with Crippen LogP contribution in [0.3, 0.4) is 0 Å². The first kappa shape index (κ1) is 20.8. The quantitative estimate of drug-likeness (QED) is 0.372. The molecule has 7 heteroatoms. The smallest absolute Gasteiger partial charge is 0.181 e. The molecule has 2 aromatic heterocycles. The second kappa shape index (κ2) is 8.73. The number of rotatable bonds is 8. The lowest BCUT2D eigenvalue weighted by Gasteiger charge is -2.08. The van der Waals surface area contributed by atoms with E-state index >= 15 is 0 Å². The number of benzene rings is 2. The summed E-state index contributed by atoms with van der Waals surface area (Å²) in [6, 6.07) is 11.1. The number of hydrogen-bond acceptors (Lipinski definition) is 6. The third kappa shape index (κ3) is 4.09. The molecule has 0 aliphatic carbocycles. The molecule has 0 saturated heterocycles. The molecule has 0 unspecified atom stereocenters. The van der Waals surface area contributed by atoms with Crippen LogP contribution in [-0.2, 0) is 0 Å². The van der Waals surface area contributed by atoms with Crippen molar-refractivity contribution in [2.24, 2.45) is 0 Å². The first-order valence-electron chi connectivity index (χ1n) is 9.82. The fourth-order valence-corrected chi connectivity index (χ4v) is 4.53. The molecule has 0 fully saturated rings. The summed E-state index contributed by atoms with van der Waals surface area (Å²) in [6.45, 7) is 2.08. The van der Waals surface area contributed by atoms with Gasteiger partial charge >= 0.3 is 0 Å². The fraction of sp³-hybridized carbons (Fsp3) is 0.208. The predicted molar refractivity (Wildman–Crippen MR) is 122 cm³/mol. The average molecular weight is 435 g/mol. The molecule has 0 aliphatic heterocycles. The molecule has 0 bridgehead atoms. The molecular formula is C24H22N2O4S. The number of Topliss-reactive ketones (excluding diaryl/α,β-unsaturated/α-hetero) is 2. The Balaban J connectivity index is 1.46. The Bertz CT molecular complexity index is 1270. The zero-order chi connectivity index (χ0) is 22.0. The van der Waals surface area contributed by atoms with Gasteiger partial charge in [0, 0.05) is 39.4 Å². The van der Waals surface area contributed by atoms with Crippen LogP contribution in [0.5, 0.6) is 11.5 Å². The minimum atomic E-state index is -0.150. The number of aromatic nitrogens is 2. The zero-order valence-corrected chi connectivity index (χ0v) is 18.3. The maximum Gasteiger partial charge on any atom is 0.181 e. The number of thiophene rings is 1. The van der Waals surface area contributed by atoms with Gasteiger partial charge in [0.25, 0.3) is 0 Å². The Kier molecular flexibility index (Phi) is 5.86. The minimum absolute atomic E-state index is 0.0955. The van der Waals surface area contributed by atoms with Gasteiger partial charge in [-0.2, -0.15) is 0 Å². The van der Waals surface area contributed by atoms with Crippen LogP contribution in [0.15, 0.2) is 48.0 Å². The van der Waals surface area contributed by atoms with E-state index in [4.69, 9.17) is 9.47 Å². The van der Waals surface area contributed by atoms with Crippen molar-refractivity contribution in [3.8, 4) is 22.9 Å². The SMILES string of the molecule is COc1ccc(C(=O)CCC(=O)c2cnc(-c3csc4c(C)cccc34)[nH]2)cc1OC. The van der Waals surface area contributed by atoms with Gasteiger partial charge in [0.15, 0.2) is 23.1 Å². The van der Waals surface area contributed by atoms with Crippen LogP contribution in [0.2, 0.25) is 0 Å². The summed E-state index contributed by atoms with van der Waals surface area (Å²) in [6.07, 6.45) is 1.74. The number of nitrogens with one attached hydrogen (secondary N) is 1. The molecule has 0 saturated carbocycles. The number of methoxy groups -OCH3 is 2. The third-order valence-corrected chi connectivity index (χ3v) is 6.34. The van der Waals surface area contributed by atoms with Crippen molar-refractivity contribution in [1.82, 2.24) is 9.97 Å². The highest BCUT2D eigenvalue weighted by molar-refractivity contribution is 7.18. The number of aryl methyl sites for hydroxylation is 1. The van der Waals surface area contributed by atoms with E-state index in [9.17, 15) is 9.59 Å². The highest BCUT2D eigenvalue weighted by Gasteiger charge is 2.17. The van der Waals surface area contributed by atoms with Crippen molar-refractivity contribution in [1.29, 1.82) is 0 Å². The van der Waals surface area contributed by atoms with E-state index in [0.717, 1.165) is 10.9 Å². The number of nitrogens with zero attached hydrogens (tertiary/aromatic N) is 1. The summed E-state index contributed by atoms with van der Waals surface area (Å²) in [4.78, 5) is 32.7. The number of carbonyl (C=O) groups excluding carboxylic acids is 2. The molecule has 158 valence electrons. The van der Waals surface area contributed by atoms with Gasteiger partial charge in [-0.15, -0.1) is 11.3 Å². The van der Waals surface area contributed by atoms with Crippen molar-refractivity contribution >= 4 is 33.0 Å². The molecule has 0 aliphatic rings. The van der Waals surface area contributed by atoms with E-state index in [-0.39, 0.29) is 24.4 Å². The molecule has 0 amide bonds. The molecule has 31 heavy (non-hydrogen) atoms. The molecule has 0 radical (unpaired) electrons. The van der Waals surface area contributed by atoms with Crippen LogP contribution >= 0.6 is 11.3 Å². The van der Waals surface area contributed by atoms with E-state index in [1.165, 1.54) is 30.7 Å². The van der Waals surface area contributed by atoms with Crippen molar-refractivity contribution in [2.45, 2.75) is 19.8 Å². The molecule has 4 aromatic rings. The largest absolute Gasteiger partial charge is 0.493 e. The Morgan fingerprint density at radius 1 is 1.03 bits per heavy atom. The normalized spacial score (nSPS) is 10.9. The zero-order valence-electron chi connectivity index (χ0n) is 17.5. The van der Waals surface area contributed by atoms with Crippen molar-refractivity contribution < 1.29 is 19.1 Å². The van der Waals surface area contributed by atoms with Gasteiger partial charge in [0.05, 0.1) is 20.4 Å². The van der Waals surface area contributed by atoms with Crippen LogP contribution in [0.1, 0.15) is 39.3 Å². The number of H-pyrrole nitrogens is 1. The van der Waals surface area contributed by atoms with Crippen molar-refractivity contribution in [3.63, 3.8) is 0 Å². The summed E-state index contributed by atoms with van der Waals surface area (Å²) >= 11 is 1.66. The van der Waals surface area contributed by atoms with E-state index < -0.39 is 0 Å². The first-order chi connectivity index (χ1) is 15.0. The lowest BCUT2D eigenvalue weighted by atomic mass is 10.0. The highest BCUT2D eigenvalue weighted by Crippen LogP contribution is 2.34. The molecular weight excluding hydrogens is 412 g/mol. The number of carbonyl (C=O) groups is 2. The second-order valence-corrected chi connectivity index (χ2v) is 8.04. The number of fused-ring (bicyclic) bond motifs is 1. The topological polar surface area (TPSA) is 81.3 Å². The van der Waals surface area contributed by atoms with Crippen molar-refractivity contribution in [2.75, 3.05) is 14.2 Å². The number of aromatic amines is 1. The molecule has 2 aromatic carbocycles. The van der Waals surface area contributed by atoms with Gasteiger partial charge in [-0.3, -0.25) is 9.59 Å². The summed E-state index contributed by atoms with van der Waals surface area (Å²) < 4.78 is 11.6. The number of hydrogen-bond donors (Lipinski definition) is 1. The molecule has 6 nitrogen and oxygen atoms in total. The maximum atomic E-state index is 12.6. The van der Waals surface area contributed by atoms with Crippen LogP contribution in [-0.4, -0.2) is 35.8 Å². The van der Waals surface area contributed by atoms with E-state index in [0.29, 0.717) is 28.6 Å². The number of ketones is 2. The average Bonchev–Trinajstić information content (AvgIpc) is 3.44. The van der Waals surface area contributed by atoms with Crippen molar-refractivity contribution in [3.05, 3.63) is 64.8 Å². The molecule has 0 atom stereocenters. The Labute approximate surface area is 183 Å². The lowest BCUT2D eigenvalue weighted by molar-refractivity contribution is 0.0915. The molecule has 4 rings (SSSR count). The van der Waals surface area contributed by atoms with Gasteiger partial charge in [-0.05, 0) is 30.7 Å². The number of ether oxygens (including phenoxy) is 2. The van der Waals surface area contributed by atoms with Gasteiger partial charge < -0.3 is 14.5 Å². The van der Waals surface area contributed by atoms with Crippen LogP contribution in [0.25, 0.3) is 21.5 Å². The predicted octanol–water partition coefficient (Wildman–Crippen LogP) is 5.46. The molecule has 0 spiro atoms. The van der Waals surface area contributed by atoms with Gasteiger partial charge in [-0.1, -0.05) is 18.2 Å². The fourth-order valence-electron chi connectivity index (χ4n) is 3.50. The van der Waals surface area contributed by atoms with Crippen LogP contribution in [0.4, 0.5) is 0 Å². The second-order valence-electron chi connectivity index (χ2n) is 7.16. The lowest BCUT2D eigenvalue weighted by Crippen LogP contribution is -2.06. The summed E-state index contributed by atoms with van der Waals surface area (Å²) in [5.41, 5.74) is 3.08. The molecule has 1 N–H and O–H groups in total. The third-order valence-electron chi connectivity index (χ3n) is 5.21. The summed E-state index contributed by atoms with van der Waals surface area (Å²) in [5, 5.41) is 3.16. The monoisotopic (exact) mass is 434 g/mol. The standard InChI is InChI=1S/C24H22N2O4S/c1-14-5-4-6-16-17(13-31-23(14)16)24-25-12-18(26-24)20(28)9-8-19(27)15-7-10-21(29-2)22(11-15)30-3/h4-7,10-13H,8-9H2,1-3H3,(H,25,26). The highest BCUT2D eigenvalue weighted by atomic mass is 32.1. The van der Waals surface area contributed by atoms with Gasteiger partial charge in [0.2, 0.25) is 0 Å². The maximum absolute atomic E-state index is 12.6. The Hall–Kier alpha value is -3.45. The molecule has 2 heterocycles. The first-order valence-corrected chi connectivity index (χ1v) is 10.7. The number of imidazole rings is 1. The van der Waals surface area contributed by atoms with Gasteiger partial charge in [-0.25, -0.2) is 4.98 Å². The van der Waals surface area contributed by atoms with E-state index in [1.807, 2.05) is 11.4 Å². The van der Waals surface area contributed by atoms with Gasteiger partial charge in [0.1, 0.15) is 11.5 Å². The Morgan fingerprint density at radius 3 is 2.58 bits per heavy atom. The van der Waals surface area contributed by atoms with Crippen LogP contribution < -0.4 is 9.47 Å². The van der Waals surface area contributed by atoms with Crippen LogP contribution in [0, 0.1) is 6.92 Å². The summed E-state index contributed by atoms with van der Waals surface area (Å²) in [7, 11) is 3.06. The minimum Gasteiger partial charge on any atom is -0.493 e.